The van der Waals surface area contributed by atoms with Gasteiger partial charge in [0.05, 0.1) is 13.2 Å². The monoisotopic (exact) mass is 148 g/mol. The third-order valence-electron chi connectivity index (χ3n) is 1.82. The summed E-state index contributed by atoms with van der Waals surface area (Å²) in [4.78, 5) is 0. The fourth-order valence-electron chi connectivity index (χ4n) is 0.654. The van der Waals surface area contributed by atoms with Crippen LogP contribution in [0.4, 0.5) is 4.39 Å². The molecule has 1 aliphatic rings. The van der Waals surface area contributed by atoms with Crippen LogP contribution in [-0.2, 0) is 4.74 Å². The van der Waals surface area contributed by atoms with Crippen LogP contribution in [-0.4, -0.2) is 19.4 Å². The van der Waals surface area contributed by atoms with Crippen molar-refractivity contribution in [3.8, 4) is 0 Å². The van der Waals surface area contributed by atoms with Crippen molar-refractivity contribution < 1.29 is 9.13 Å². The van der Waals surface area contributed by atoms with Crippen LogP contribution >= 0.6 is 0 Å². The Bertz CT molecular complexity index is 87.3. The van der Waals surface area contributed by atoms with Crippen molar-refractivity contribution in [2.45, 2.75) is 33.9 Å². The Labute approximate surface area is 62.6 Å². The Morgan fingerprint density at radius 3 is 1.80 bits per heavy atom. The molecule has 0 saturated carbocycles. The van der Waals surface area contributed by atoms with Gasteiger partial charge < -0.3 is 4.74 Å². The van der Waals surface area contributed by atoms with Crippen LogP contribution in [0.15, 0.2) is 0 Å². The van der Waals surface area contributed by atoms with E-state index in [9.17, 15) is 4.39 Å². The van der Waals surface area contributed by atoms with E-state index in [2.05, 4.69) is 0 Å². The standard InChI is InChI=1S/C6H11FO.C2H6/c1-5(7)6(2)3-8-4-6;1-2/h5H,3-4H2,1-2H3;1-2H3. The lowest BCUT2D eigenvalue weighted by Gasteiger charge is -2.39. The van der Waals surface area contributed by atoms with Gasteiger partial charge >= 0.3 is 0 Å². The molecule has 62 valence electrons. The number of rotatable bonds is 1. The van der Waals surface area contributed by atoms with Crippen LogP contribution in [0.25, 0.3) is 0 Å². The highest BCUT2D eigenvalue weighted by Gasteiger charge is 2.38. The number of hydrogen-bond acceptors (Lipinski definition) is 1. The lowest BCUT2D eigenvalue weighted by molar-refractivity contribution is -0.135. The quantitative estimate of drug-likeness (QED) is 0.555. The van der Waals surface area contributed by atoms with Gasteiger partial charge in [0.15, 0.2) is 0 Å². The van der Waals surface area contributed by atoms with Crippen LogP contribution in [0.5, 0.6) is 0 Å². The zero-order valence-corrected chi connectivity index (χ0v) is 7.28. The van der Waals surface area contributed by atoms with Crippen LogP contribution < -0.4 is 0 Å². The van der Waals surface area contributed by atoms with Gasteiger partial charge in [0.1, 0.15) is 6.17 Å². The average Bonchev–Trinajstić information content (AvgIpc) is 1.87. The van der Waals surface area contributed by atoms with Crippen molar-refractivity contribution >= 4 is 0 Å². The van der Waals surface area contributed by atoms with Crippen molar-refractivity contribution in [3.63, 3.8) is 0 Å². The molecular formula is C8H17FO. The smallest absolute Gasteiger partial charge is 0.107 e. The largest absolute Gasteiger partial charge is 0.380 e. The summed E-state index contributed by atoms with van der Waals surface area (Å²) in [7, 11) is 0. The van der Waals surface area contributed by atoms with E-state index in [-0.39, 0.29) is 5.41 Å². The molecule has 0 spiro atoms. The summed E-state index contributed by atoms with van der Waals surface area (Å²) in [6, 6.07) is 0. The lowest BCUT2D eigenvalue weighted by Crippen LogP contribution is -2.45. The van der Waals surface area contributed by atoms with Crippen molar-refractivity contribution in [1.29, 1.82) is 0 Å². The second-order valence-electron chi connectivity index (χ2n) is 2.76. The summed E-state index contributed by atoms with van der Waals surface area (Å²) in [6.45, 7) is 8.67. The van der Waals surface area contributed by atoms with E-state index in [0.29, 0.717) is 13.2 Å². The number of alkyl halides is 1. The zero-order chi connectivity index (χ0) is 8.20. The maximum Gasteiger partial charge on any atom is 0.107 e. The Morgan fingerprint density at radius 2 is 1.80 bits per heavy atom. The van der Waals surface area contributed by atoms with E-state index in [4.69, 9.17) is 4.74 Å². The van der Waals surface area contributed by atoms with Crippen LogP contribution in [0, 0.1) is 5.41 Å². The van der Waals surface area contributed by atoms with Crippen LogP contribution in [0.1, 0.15) is 27.7 Å². The fraction of sp³-hybridized carbons (Fsp3) is 1.00. The van der Waals surface area contributed by atoms with Gasteiger partial charge in [0.2, 0.25) is 0 Å². The van der Waals surface area contributed by atoms with Gasteiger partial charge in [-0.15, -0.1) is 0 Å². The molecule has 0 bridgehead atoms. The minimum absolute atomic E-state index is 0.167. The molecule has 0 aromatic carbocycles. The highest BCUT2D eigenvalue weighted by atomic mass is 19.1. The van der Waals surface area contributed by atoms with E-state index >= 15 is 0 Å². The number of ether oxygens (including phenoxy) is 1. The van der Waals surface area contributed by atoms with Gasteiger partial charge in [-0.2, -0.15) is 0 Å². The molecule has 0 radical (unpaired) electrons. The first-order valence-corrected chi connectivity index (χ1v) is 3.87. The van der Waals surface area contributed by atoms with Gasteiger partial charge in [0.25, 0.3) is 0 Å². The molecule has 1 saturated heterocycles. The first kappa shape index (κ1) is 9.89. The van der Waals surface area contributed by atoms with Gasteiger partial charge in [-0.1, -0.05) is 20.8 Å². The Morgan fingerprint density at radius 1 is 1.40 bits per heavy atom. The third-order valence-corrected chi connectivity index (χ3v) is 1.82. The molecule has 0 N–H and O–H groups in total. The predicted octanol–water partition coefficient (Wildman–Crippen LogP) is 2.41. The molecule has 0 amide bonds. The summed E-state index contributed by atoms with van der Waals surface area (Å²) in [5.41, 5.74) is -0.167. The molecule has 10 heavy (non-hydrogen) atoms. The highest BCUT2D eigenvalue weighted by Crippen LogP contribution is 2.31. The molecule has 0 aromatic heterocycles. The summed E-state index contributed by atoms with van der Waals surface area (Å²) in [5, 5.41) is 0. The van der Waals surface area contributed by atoms with Crippen molar-refractivity contribution in [2.75, 3.05) is 13.2 Å². The Balaban J connectivity index is 0.000000371. The van der Waals surface area contributed by atoms with Gasteiger partial charge in [-0.05, 0) is 6.92 Å². The SMILES string of the molecule is CC.CC(F)C1(C)COC1. The summed E-state index contributed by atoms with van der Waals surface area (Å²) in [5.74, 6) is 0. The molecule has 1 heterocycles. The maximum absolute atomic E-state index is 12.5. The summed E-state index contributed by atoms with van der Waals surface area (Å²) >= 11 is 0. The third kappa shape index (κ3) is 1.94. The van der Waals surface area contributed by atoms with Crippen molar-refractivity contribution in [1.82, 2.24) is 0 Å². The maximum atomic E-state index is 12.5. The second-order valence-corrected chi connectivity index (χ2v) is 2.76. The Hall–Kier alpha value is -0.110. The molecule has 0 aromatic rings. The van der Waals surface area contributed by atoms with Crippen molar-refractivity contribution in [3.05, 3.63) is 0 Å². The average molecular weight is 148 g/mol. The molecule has 1 nitrogen and oxygen atoms in total. The fourth-order valence-corrected chi connectivity index (χ4v) is 0.654. The minimum atomic E-state index is -0.726. The molecule has 1 rings (SSSR count). The zero-order valence-electron chi connectivity index (χ0n) is 7.28. The van der Waals surface area contributed by atoms with Gasteiger partial charge in [-0.3, -0.25) is 0 Å². The molecule has 1 aliphatic heterocycles. The van der Waals surface area contributed by atoms with Crippen LogP contribution in [0.2, 0.25) is 0 Å². The van der Waals surface area contributed by atoms with Gasteiger partial charge in [0, 0.05) is 5.41 Å². The highest BCUT2D eigenvalue weighted by molar-refractivity contribution is 4.85. The van der Waals surface area contributed by atoms with Crippen molar-refractivity contribution in [2.24, 2.45) is 5.41 Å². The topological polar surface area (TPSA) is 9.23 Å². The van der Waals surface area contributed by atoms with Crippen LogP contribution in [0.3, 0.4) is 0 Å². The van der Waals surface area contributed by atoms with E-state index in [1.54, 1.807) is 6.92 Å². The lowest BCUT2D eigenvalue weighted by atomic mass is 9.84. The molecule has 1 fully saturated rings. The number of hydrogen-bond donors (Lipinski definition) is 0. The first-order chi connectivity index (χ1) is 4.65. The minimum Gasteiger partial charge on any atom is -0.380 e. The molecule has 1 unspecified atom stereocenters. The summed E-state index contributed by atoms with van der Waals surface area (Å²) < 4.78 is 17.3. The first-order valence-electron chi connectivity index (χ1n) is 3.87. The van der Waals surface area contributed by atoms with E-state index in [0.717, 1.165) is 0 Å². The number of halogens is 1. The molecule has 1 atom stereocenters. The second kappa shape index (κ2) is 3.91. The Kier molecular flexibility index (Phi) is 3.87. The van der Waals surface area contributed by atoms with E-state index in [1.165, 1.54) is 0 Å². The predicted molar refractivity (Wildman–Crippen MR) is 40.8 cm³/mol. The normalized spacial score (nSPS) is 23.7. The molecule has 2 heteroatoms. The summed E-state index contributed by atoms with van der Waals surface area (Å²) in [6.07, 6.45) is -0.726. The van der Waals surface area contributed by atoms with E-state index < -0.39 is 6.17 Å². The van der Waals surface area contributed by atoms with Gasteiger partial charge in [-0.25, -0.2) is 4.39 Å². The van der Waals surface area contributed by atoms with E-state index in [1.807, 2.05) is 20.8 Å². The molecular weight excluding hydrogens is 131 g/mol. The molecule has 0 aliphatic carbocycles.